The molecule has 2 N–H and O–H groups in total. The summed E-state index contributed by atoms with van der Waals surface area (Å²) in [4.78, 5) is 4.51. The van der Waals surface area contributed by atoms with Crippen LogP contribution in [0.2, 0.25) is 0 Å². The van der Waals surface area contributed by atoms with Gasteiger partial charge in [-0.2, -0.15) is 10.1 Å². The Hall–Kier alpha value is -1.69. The summed E-state index contributed by atoms with van der Waals surface area (Å²) in [5, 5.41) is 14.8. The average molecular weight is 362 g/mol. The molecule has 0 spiro atoms. The van der Waals surface area contributed by atoms with E-state index in [1.807, 2.05) is 12.1 Å². The van der Waals surface area contributed by atoms with E-state index in [2.05, 4.69) is 54.7 Å². The zero-order valence-electron chi connectivity index (χ0n) is 12.6. The van der Waals surface area contributed by atoms with Crippen molar-refractivity contribution in [1.29, 1.82) is 0 Å². The van der Waals surface area contributed by atoms with E-state index < -0.39 is 0 Å². The lowest BCUT2D eigenvalue weighted by atomic mass is 9.96. The van der Waals surface area contributed by atoms with E-state index in [-0.39, 0.29) is 0 Å². The molecule has 0 atom stereocenters. The van der Waals surface area contributed by atoms with Crippen LogP contribution in [-0.2, 0) is 0 Å². The molecule has 2 aromatic rings. The molecular weight excluding hydrogens is 342 g/mol. The van der Waals surface area contributed by atoms with Crippen molar-refractivity contribution < 1.29 is 0 Å². The molecule has 0 amide bonds. The summed E-state index contributed by atoms with van der Waals surface area (Å²) in [6.07, 6.45) is 8.01. The number of hydrogen-bond acceptors (Lipinski definition) is 5. The van der Waals surface area contributed by atoms with Crippen molar-refractivity contribution in [2.24, 2.45) is 0 Å². The Morgan fingerprint density at radius 3 is 2.77 bits per heavy atom. The monoisotopic (exact) mass is 361 g/mol. The van der Waals surface area contributed by atoms with Gasteiger partial charge in [-0.15, -0.1) is 5.10 Å². The van der Waals surface area contributed by atoms with Crippen LogP contribution in [0.3, 0.4) is 0 Å². The van der Waals surface area contributed by atoms with Crippen LogP contribution in [0.4, 0.5) is 17.5 Å². The van der Waals surface area contributed by atoms with E-state index in [9.17, 15) is 0 Å². The number of hydrogen-bond donors (Lipinski definition) is 2. The molecule has 0 unspecified atom stereocenters. The van der Waals surface area contributed by atoms with Gasteiger partial charge >= 0.3 is 0 Å². The predicted molar refractivity (Wildman–Crippen MR) is 92.5 cm³/mol. The van der Waals surface area contributed by atoms with Crippen LogP contribution in [0.5, 0.6) is 0 Å². The van der Waals surface area contributed by atoms with Gasteiger partial charge in [0.25, 0.3) is 0 Å². The van der Waals surface area contributed by atoms with E-state index >= 15 is 0 Å². The number of aryl methyl sites for hydroxylation is 1. The molecular formula is C16H20BrN5. The summed E-state index contributed by atoms with van der Waals surface area (Å²) in [7, 11) is 0. The summed E-state index contributed by atoms with van der Waals surface area (Å²) in [5.41, 5.74) is 2.13. The summed E-state index contributed by atoms with van der Waals surface area (Å²) in [6.45, 7) is 2.06. The van der Waals surface area contributed by atoms with Crippen LogP contribution < -0.4 is 10.6 Å². The normalized spacial score (nSPS) is 15.5. The van der Waals surface area contributed by atoms with Crippen molar-refractivity contribution in [2.45, 2.75) is 45.1 Å². The van der Waals surface area contributed by atoms with Gasteiger partial charge in [0.15, 0.2) is 5.82 Å². The SMILES string of the molecule is Cc1ccc(Nc2nncc(NC3CCCCC3)n2)c(Br)c1. The second kappa shape index (κ2) is 7.05. The minimum absolute atomic E-state index is 0.504. The van der Waals surface area contributed by atoms with Gasteiger partial charge in [-0.3, -0.25) is 0 Å². The maximum absolute atomic E-state index is 4.51. The molecule has 1 fully saturated rings. The van der Waals surface area contributed by atoms with Crippen LogP contribution in [0.25, 0.3) is 0 Å². The minimum atomic E-state index is 0.504. The third kappa shape index (κ3) is 3.94. The first-order chi connectivity index (χ1) is 10.7. The molecule has 6 heteroatoms. The van der Waals surface area contributed by atoms with E-state index in [1.165, 1.54) is 37.7 Å². The molecule has 5 nitrogen and oxygen atoms in total. The summed E-state index contributed by atoms with van der Waals surface area (Å²) < 4.78 is 0.988. The Balaban J connectivity index is 1.70. The fourth-order valence-corrected chi connectivity index (χ4v) is 3.32. The van der Waals surface area contributed by atoms with Crippen molar-refractivity contribution in [1.82, 2.24) is 15.2 Å². The number of anilines is 3. The molecule has 1 aliphatic rings. The third-order valence-electron chi connectivity index (χ3n) is 3.89. The van der Waals surface area contributed by atoms with Crippen molar-refractivity contribution in [3.63, 3.8) is 0 Å². The number of benzene rings is 1. The topological polar surface area (TPSA) is 62.7 Å². The van der Waals surface area contributed by atoms with Crippen LogP contribution in [0.1, 0.15) is 37.7 Å². The first-order valence-electron chi connectivity index (χ1n) is 7.70. The van der Waals surface area contributed by atoms with Gasteiger partial charge in [0.05, 0.1) is 11.9 Å². The predicted octanol–water partition coefficient (Wildman–Crippen LogP) is 4.43. The molecule has 116 valence electrons. The molecule has 3 rings (SSSR count). The van der Waals surface area contributed by atoms with Crippen LogP contribution >= 0.6 is 15.9 Å². The molecule has 1 aliphatic carbocycles. The lowest BCUT2D eigenvalue weighted by Crippen LogP contribution is -2.23. The van der Waals surface area contributed by atoms with Gasteiger partial charge in [-0.25, -0.2) is 0 Å². The lowest BCUT2D eigenvalue weighted by Gasteiger charge is -2.23. The molecule has 0 aliphatic heterocycles. The summed E-state index contributed by atoms with van der Waals surface area (Å²) in [6, 6.07) is 6.61. The first-order valence-corrected chi connectivity index (χ1v) is 8.49. The minimum Gasteiger partial charge on any atom is -0.366 e. The van der Waals surface area contributed by atoms with E-state index in [4.69, 9.17) is 0 Å². The van der Waals surface area contributed by atoms with Gasteiger partial charge in [-0.05, 0) is 53.4 Å². The molecule has 1 saturated carbocycles. The Kier molecular flexibility index (Phi) is 4.87. The van der Waals surface area contributed by atoms with E-state index in [0.29, 0.717) is 12.0 Å². The maximum atomic E-state index is 4.51. The van der Waals surface area contributed by atoms with Crippen molar-refractivity contribution in [2.75, 3.05) is 10.6 Å². The number of aromatic nitrogens is 3. The van der Waals surface area contributed by atoms with Gasteiger partial charge in [0, 0.05) is 10.5 Å². The van der Waals surface area contributed by atoms with Crippen LogP contribution in [-0.4, -0.2) is 21.2 Å². The standard InChI is InChI=1S/C16H20BrN5/c1-11-7-8-14(13(17)9-11)20-16-21-15(10-18-22-16)19-12-5-3-2-4-6-12/h7-10,12H,2-6H2,1H3,(H2,19,20,21,22). The third-order valence-corrected chi connectivity index (χ3v) is 4.54. The summed E-state index contributed by atoms with van der Waals surface area (Å²) >= 11 is 3.55. The molecule has 0 bridgehead atoms. The van der Waals surface area contributed by atoms with Crippen LogP contribution in [0, 0.1) is 6.92 Å². The highest BCUT2D eigenvalue weighted by molar-refractivity contribution is 9.10. The fraction of sp³-hybridized carbons (Fsp3) is 0.438. The van der Waals surface area contributed by atoms with Gasteiger partial charge < -0.3 is 10.6 Å². The highest BCUT2D eigenvalue weighted by Gasteiger charge is 2.14. The fourth-order valence-electron chi connectivity index (χ4n) is 2.72. The van der Waals surface area contributed by atoms with Crippen molar-refractivity contribution in [3.8, 4) is 0 Å². The number of nitrogens with zero attached hydrogens (tertiary/aromatic N) is 3. The Morgan fingerprint density at radius 2 is 2.00 bits per heavy atom. The highest BCUT2D eigenvalue weighted by Crippen LogP contribution is 2.26. The van der Waals surface area contributed by atoms with Gasteiger partial charge in [0.1, 0.15) is 0 Å². The highest BCUT2D eigenvalue weighted by atomic mass is 79.9. The van der Waals surface area contributed by atoms with Crippen molar-refractivity contribution >= 4 is 33.4 Å². The number of rotatable bonds is 4. The zero-order chi connectivity index (χ0) is 15.4. The molecule has 1 aromatic heterocycles. The summed E-state index contributed by atoms with van der Waals surface area (Å²) in [5.74, 6) is 1.29. The quantitative estimate of drug-likeness (QED) is 0.843. The van der Waals surface area contributed by atoms with E-state index in [0.717, 1.165) is 16.0 Å². The molecule has 1 aromatic carbocycles. The van der Waals surface area contributed by atoms with Crippen molar-refractivity contribution in [3.05, 3.63) is 34.4 Å². The molecule has 0 saturated heterocycles. The first kappa shape index (κ1) is 15.2. The van der Waals surface area contributed by atoms with Gasteiger partial charge in [0.2, 0.25) is 5.95 Å². The molecule has 0 radical (unpaired) electrons. The number of nitrogens with one attached hydrogen (secondary N) is 2. The molecule has 1 heterocycles. The van der Waals surface area contributed by atoms with E-state index in [1.54, 1.807) is 6.20 Å². The second-order valence-corrected chi connectivity index (χ2v) is 6.61. The Bertz CT molecular complexity index is 640. The second-order valence-electron chi connectivity index (χ2n) is 5.75. The smallest absolute Gasteiger partial charge is 0.249 e. The molecule has 22 heavy (non-hydrogen) atoms. The Morgan fingerprint density at radius 1 is 1.18 bits per heavy atom. The Labute approximate surface area is 139 Å². The maximum Gasteiger partial charge on any atom is 0.249 e. The lowest BCUT2D eigenvalue weighted by molar-refractivity contribution is 0.461. The average Bonchev–Trinajstić information content (AvgIpc) is 2.52. The largest absolute Gasteiger partial charge is 0.366 e. The number of halogens is 1. The zero-order valence-corrected chi connectivity index (χ0v) is 14.2. The van der Waals surface area contributed by atoms with Gasteiger partial charge in [-0.1, -0.05) is 25.3 Å². The van der Waals surface area contributed by atoms with Crippen LogP contribution in [0.15, 0.2) is 28.9 Å².